The van der Waals surface area contributed by atoms with Crippen LogP contribution in [0, 0.1) is 17.6 Å². The first-order valence-corrected chi connectivity index (χ1v) is 7.13. The van der Waals surface area contributed by atoms with E-state index in [1.54, 1.807) is 0 Å². The van der Waals surface area contributed by atoms with Gasteiger partial charge in [0.2, 0.25) is 0 Å². The summed E-state index contributed by atoms with van der Waals surface area (Å²) in [5.41, 5.74) is 0.0159. The van der Waals surface area contributed by atoms with Gasteiger partial charge in [-0.1, -0.05) is 19.8 Å². The van der Waals surface area contributed by atoms with Crippen LogP contribution in [0.2, 0.25) is 0 Å². The fourth-order valence-electron chi connectivity index (χ4n) is 2.42. The van der Waals surface area contributed by atoms with E-state index in [0.717, 1.165) is 19.3 Å². The van der Waals surface area contributed by atoms with Gasteiger partial charge in [0.25, 0.3) is 0 Å². The van der Waals surface area contributed by atoms with E-state index >= 15 is 0 Å². The maximum Gasteiger partial charge on any atom is 0.145 e. The van der Waals surface area contributed by atoms with E-state index in [-0.39, 0.29) is 22.7 Å². The molecule has 0 N–H and O–H groups in total. The summed E-state index contributed by atoms with van der Waals surface area (Å²) < 4.78 is 33.3. The van der Waals surface area contributed by atoms with Gasteiger partial charge in [0, 0.05) is 0 Å². The van der Waals surface area contributed by atoms with E-state index in [4.69, 9.17) is 4.74 Å². The lowest BCUT2D eigenvalue weighted by atomic mass is 9.88. The Morgan fingerprint density at radius 2 is 2.00 bits per heavy atom. The molecule has 2 unspecified atom stereocenters. The molecule has 0 saturated heterocycles. The number of rotatable bonds is 3. The summed E-state index contributed by atoms with van der Waals surface area (Å²) in [5, 5.41) is 0. The van der Waals surface area contributed by atoms with Gasteiger partial charge in [-0.15, -0.1) is 0 Å². The monoisotopic (exact) mass is 318 g/mol. The van der Waals surface area contributed by atoms with Crippen molar-refractivity contribution in [2.24, 2.45) is 5.92 Å². The van der Waals surface area contributed by atoms with Crippen LogP contribution < -0.4 is 0 Å². The average molecular weight is 319 g/mol. The third-order valence-electron chi connectivity index (χ3n) is 3.61. The summed E-state index contributed by atoms with van der Waals surface area (Å²) in [6.45, 7) is 2.14. The highest BCUT2D eigenvalue weighted by atomic mass is 79.9. The lowest BCUT2D eigenvalue weighted by molar-refractivity contribution is -0.0176. The molecule has 1 fully saturated rings. The molecule has 1 aliphatic carbocycles. The molecule has 4 heteroatoms. The second-order valence-electron chi connectivity index (χ2n) is 4.93. The minimum atomic E-state index is -0.557. The van der Waals surface area contributed by atoms with E-state index in [9.17, 15) is 8.78 Å². The Morgan fingerprint density at radius 1 is 1.28 bits per heavy atom. The number of halogens is 3. The van der Waals surface area contributed by atoms with Gasteiger partial charge < -0.3 is 4.74 Å². The van der Waals surface area contributed by atoms with Crippen molar-refractivity contribution in [1.82, 2.24) is 0 Å². The zero-order chi connectivity index (χ0) is 13.1. The smallest absolute Gasteiger partial charge is 0.145 e. The molecule has 0 aliphatic heterocycles. The molecule has 0 heterocycles. The predicted molar refractivity (Wildman–Crippen MR) is 70.3 cm³/mol. The van der Waals surface area contributed by atoms with Gasteiger partial charge >= 0.3 is 0 Å². The molecular weight excluding hydrogens is 302 g/mol. The first-order chi connectivity index (χ1) is 8.59. The molecule has 0 aromatic heterocycles. The van der Waals surface area contributed by atoms with Gasteiger partial charge in [0.15, 0.2) is 0 Å². The van der Waals surface area contributed by atoms with Gasteiger partial charge in [0.1, 0.15) is 11.6 Å². The number of hydrogen-bond acceptors (Lipinski definition) is 1. The summed E-state index contributed by atoms with van der Waals surface area (Å²) in [4.78, 5) is 0. The van der Waals surface area contributed by atoms with Crippen LogP contribution in [-0.4, -0.2) is 6.10 Å². The molecule has 100 valence electrons. The molecule has 1 aromatic rings. The highest BCUT2D eigenvalue weighted by Crippen LogP contribution is 2.28. The summed E-state index contributed by atoms with van der Waals surface area (Å²) in [6, 6.07) is 2.63. The topological polar surface area (TPSA) is 9.23 Å². The Kier molecular flexibility index (Phi) is 4.73. The molecule has 2 atom stereocenters. The van der Waals surface area contributed by atoms with Crippen LogP contribution in [0.5, 0.6) is 0 Å². The minimum absolute atomic E-state index is 0.00606. The first kappa shape index (κ1) is 13.9. The Bertz CT molecular complexity index is 423. The molecular formula is C14H17BrF2O. The third kappa shape index (κ3) is 3.09. The van der Waals surface area contributed by atoms with Crippen LogP contribution in [-0.2, 0) is 11.3 Å². The zero-order valence-corrected chi connectivity index (χ0v) is 12.0. The Labute approximate surface area is 115 Å². The molecule has 0 amide bonds. The first-order valence-electron chi connectivity index (χ1n) is 6.33. The predicted octanol–water partition coefficient (Wildman–Crippen LogP) is 4.82. The van der Waals surface area contributed by atoms with Crippen molar-refractivity contribution in [2.45, 2.75) is 45.3 Å². The molecule has 1 aliphatic rings. The highest BCUT2D eigenvalue weighted by Gasteiger charge is 2.23. The Balaban J connectivity index is 2.03. The average Bonchev–Trinajstić information content (AvgIpc) is 2.36. The molecule has 0 spiro atoms. The van der Waals surface area contributed by atoms with E-state index in [2.05, 4.69) is 22.9 Å². The molecule has 1 nitrogen and oxygen atoms in total. The highest BCUT2D eigenvalue weighted by molar-refractivity contribution is 9.10. The number of hydrogen-bond donors (Lipinski definition) is 0. The fourth-order valence-corrected chi connectivity index (χ4v) is 2.79. The van der Waals surface area contributed by atoms with Crippen molar-refractivity contribution in [3.63, 3.8) is 0 Å². The van der Waals surface area contributed by atoms with Crippen LogP contribution in [0.25, 0.3) is 0 Å². The van der Waals surface area contributed by atoms with Crippen LogP contribution in [0.3, 0.4) is 0 Å². The fraction of sp³-hybridized carbons (Fsp3) is 0.571. The lowest BCUT2D eigenvalue weighted by Crippen LogP contribution is -2.25. The summed E-state index contributed by atoms with van der Waals surface area (Å²) in [6.07, 6.45) is 4.60. The van der Waals surface area contributed by atoms with Gasteiger partial charge in [-0.05, 0) is 46.8 Å². The summed E-state index contributed by atoms with van der Waals surface area (Å²) in [7, 11) is 0. The van der Waals surface area contributed by atoms with Crippen molar-refractivity contribution in [2.75, 3.05) is 0 Å². The summed E-state index contributed by atoms with van der Waals surface area (Å²) in [5.74, 6) is -0.630. The number of benzene rings is 1. The lowest BCUT2D eigenvalue weighted by Gasteiger charge is -2.28. The van der Waals surface area contributed by atoms with E-state index in [1.807, 2.05) is 0 Å². The van der Waals surface area contributed by atoms with Gasteiger partial charge in [-0.25, -0.2) is 8.78 Å². The molecule has 0 radical (unpaired) electrons. The maximum absolute atomic E-state index is 13.7. The van der Waals surface area contributed by atoms with Crippen molar-refractivity contribution in [1.29, 1.82) is 0 Å². The molecule has 1 aromatic carbocycles. The second kappa shape index (κ2) is 6.11. The van der Waals surface area contributed by atoms with Crippen LogP contribution in [0.4, 0.5) is 8.78 Å². The molecule has 0 bridgehead atoms. The van der Waals surface area contributed by atoms with Crippen molar-refractivity contribution in [3.8, 4) is 0 Å². The SMILES string of the molecule is CC1CCCCC1OCc1c(F)ccc(Br)c1F. The van der Waals surface area contributed by atoms with E-state index in [1.165, 1.54) is 18.6 Å². The van der Waals surface area contributed by atoms with Gasteiger partial charge in [0.05, 0.1) is 22.7 Å². The van der Waals surface area contributed by atoms with E-state index in [0.29, 0.717) is 5.92 Å². The zero-order valence-electron chi connectivity index (χ0n) is 10.4. The molecule has 1 saturated carbocycles. The molecule has 18 heavy (non-hydrogen) atoms. The van der Waals surface area contributed by atoms with E-state index < -0.39 is 11.6 Å². The van der Waals surface area contributed by atoms with Crippen LogP contribution >= 0.6 is 15.9 Å². The Hall–Kier alpha value is -0.480. The van der Waals surface area contributed by atoms with Crippen LogP contribution in [0.1, 0.15) is 38.2 Å². The largest absolute Gasteiger partial charge is 0.373 e. The van der Waals surface area contributed by atoms with Crippen molar-refractivity contribution >= 4 is 15.9 Å². The van der Waals surface area contributed by atoms with Gasteiger partial charge in [-0.2, -0.15) is 0 Å². The standard InChI is InChI=1S/C14H17BrF2O/c1-9-4-2-3-5-13(9)18-8-10-12(16)7-6-11(15)14(10)17/h6-7,9,13H,2-5,8H2,1H3. The minimum Gasteiger partial charge on any atom is -0.373 e. The van der Waals surface area contributed by atoms with Gasteiger partial charge in [-0.3, -0.25) is 0 Å². The van der Waals surface area contributed by atoms with Crippen molar-refractivity contribution < 1.29 is 13.5 Å². The second-order valence-corrected chi connectivity index (χ2v) is 5.79. The van der Waals surface area contributed by atoms with Crippen molar-refractivity contribution in [3.05, 3.63) is 33.8 Å². The molecule has 2 rings (SSSR count). The summed E-state index contributed by atoms with van der Waals surface area (Å²) >= 11 is 3.06. The normalized spacial score (nSPS) is 24.2. The van der Waals surface area contributed by atoms with Crippen LogP contribution in [0.15, 0.2) is 16.6 Å². The quantitative estimate of drug-likeness (QED) is 0.726. The number of ether oxygens (including phenoxy) is 1. The maximum atomic E-state index is 13.7. The Morgan fingerprint density at radius 3 is 2.72 bits per heavy atom. The third-order valence-corrected chi connectivity index (χ3v) is 4.23.